The molecule has 0 aliphatic carbocycles. The second-order valence-corrected chi connectivity index (χ2v) is 3.46. The Bertz CT molecular complexity index is 463. The first-order chi connectivity index (χ1) is 7.88. The topological polar surface area (TPSA) is 58.6 Å². The summed E-state index contributed by atoms with van der Waals surface area (Å²) in [5, 5.41) is 11.2. The fourth-order valence-corrected chi connectivity index (χ4v) is 1.48. The van der Waals surface area contributed by atoms with Gasteiger partial charge in [-0.15, -0.1) is 0 Å². The Labute approximate surface area is 93.2 Å². The SMILES string of the molecule is ON=Cc1cc(CCc2cccnc2)co1. The molecule has 0 fully saturated rings. The quantitative estimate of drug-likeness (QED) is 0.484. The number of rotatable bonds is 4. The summed E-state index contributed by atoms with van der Waals surface area (Å²) in [6.45, 7) is 0. The molecule has 0 saturated heterocycles. The van der Waals surface area contributed by atoms with Crippen LogP contribution in [0.4, 0.5) is 0 Å². The summed E-state index contributed by atoms with van der Waals surface area (Å²) in [5.41, 5.74) is 2.28. The van der Waals surface area contributed by atoms with Crippen LogP contribution in [0.15, 0.2) is 46.4 Å². The van der Waals surface area contributed by atoms with Crippen molar-refractivity contribution in [2.45, 2.75) is 12.8 Å². The van der Waals surface area contributed by atoms with E-state index in [0.29, 0.717) is 5.76 Å². The summed E-state index contributed by atoms with van der Waals surface area (Å²) >= 11 is 0. The standard InChI is InChI=1S/C12H12N2O2/c15-14-8-12-6-11(9-16-12)4-3-10-2-1-5-13-7-10/h1-2,5-9,15H,3-4H2. The van der Waals surface area contributed by atoms with Crippen molar-refractivity contribution >= 4 is 6.21 Å². The van der Waals surface area contributed by atoms with E-state index >= 15 is 0 Å². The highest BCUT2D eigenvalue weighted by atomic mass is 16.4. The van der Waals surface area contributed by atoms with Crippen LogP contribution in [0.5, 0.6) is 0 Å². The highest BCUT2D eigenvalue weighted by Crippen LogP contribution is 2.09. The van der Waals surface area contributed by atoms with Crippen LogP contribution < -0.4 is 0 Å². The van der Waals surface area contributed by atoms with E-state index in [-0.39, 0.29) is 0 Å². The molecule has 0 amide bonds. The summed E-state index contributed by atoms with van der Waals surface area (Å²) in [6.07, 6.45) is 8.37. The number of hydrogen-bond acceptors (Lipinski definition) is 4. The average Bonchev–Trinajstić information content (AvgIpc) is 2.76. The van der Waals surface area contributed by atoms with Gasteiger partial charge in [-0.05, 0) is 36.1 Å². The van der Waals surface area contributed by atoms with Crippen LogP contribution in [0.2, 0.25) is 0 Å². The lowest BCUT2D eigenvalue weighted by Crippen LogP contribution is -1.89. The zero-order valence-corrected chi connectivity index (χ0v) is 8.71. The van der Waals surface area contributed by atoms with Crippen LogP contribution in [0.1, 0.15) is 16.9 Å². The van der Waals surface area contributed by atoms with E-state index in [1.165, 1.54) is 11.8 Å². The average molecular weight is 216 g/mol. The second kappa shape index (κ2) is 5.11. The molecule has 1 N–H and O–H groups in total. The minimum atomic E-state index is 0.559. The largest absolute Gasteiger partial charge is 0.463 e. The van der Waals surface area contributed by atoms with Crippen molar-refractivity contribution < 1.29 is 9.62 Å². The fourth-order valence-electron chi connectivity index (χ4n) is 1.48. The highest BCUT2D eigenvalue weighted by Gasteiger charge is 2.00. The second-order valence-electron chi connectivity index (χ2n) is 3.46. The zero-order valence-electron chi connectivity index (χ0n) is 8.71. The van der Waals surface area contributed by atoms with Gasteiger partial charge in [0.1, 0.15) is 12.0 Å². The van der Waals surface area contributed by atoms with Gasteiger partial charge in [0.25, 0.3) is 0 Å². The van der Waals surface area contributed by atoms with Gasteiger partial charge < -0.3 is 9.62 Å². The number of hydrogen-bond donors (Lipinski definition) is 1. The maximum atomic E-state index is 8.34. The first-order valence-electron chi connectivity index (χ1n) is 5.02. The number of furan rings is 1. The molecule has 0 atom stereocenters. The van der Waals surface area contributed by atoms with Crippen LogP contribution >= 0.6 is 0 Å². The van der Waals surface area contributed by atoms with Crippen LogP contribution in [-0.2, 0) is 12.8 Å². The fraction of sp³-hybridized carbons (Fsp3) is 0.167. The third-order valence-electron chi connectivity index (χ3n) is 2.28. The van der Waals surface area contributed by atoms with Crippen LogP contribution in [0, 0.1) is 0 Å². The molecule has 82 valence electrons. The molecule has 0 saturated carbocycles. The third kappa shape index (κ3) is 2.70. The molecule has 2 rings (SSSR count). The van der Waals surface area contributed by atoms with Gasteiger partial charge in [0, 0.05) is 12.4 Å². The van der Waals surface area contributed by atoms with E-state index in [9.17, 15) is 0 Å². The summed E-state index contributed by atoms with van der Waals surface area (Å²) in [4.78, 5) is 4.05. The van der Waals surface area contributed by atoms with Crippen molar-refractivity contribution in [2.75, 3.05) is 0 Å². The van der Waals surface area contributed by atoms with E-state index in [2.05, 4.69) is 10.1 Å². The molecule has 4 nitrogen and oxygen atoms in total. The molecule has 0 radical (unpaired) electrons. The summed E-state index contributed by atoms with van der Waals surface area (Å²) in [6, 6.07) is 5.83. The lowest BCUT2D eigenvalue weighted by molar-refractivity contribution is 0.320. The molecule has 2 aromatic rings. The first kappa shape index (κ1) is 10.4. The van der Waals surface area contributed by atoms with Crippen molar-refractivity contribution in [1.82, 2.24) is 4.98 Å². The van der Waals surface area contributed by atoms with Gasteiger partial charge in [0.05, 0.1) is 6.26 Å². The molecule has 0 aliphatic heterocycles. The van der Waals surface area contributed by atoms with Crippen molar-refractivity contribution in [1.29, 1.82) is 0 Å². The Balaban J connectivity index is 1.94. The van der Waals surface area contributed by atoms with E-state index in [1.54, 1.807) is 12.5 Å². The van der Waals surface area contributed by atoms with Crippen molar-refractivity contribution in [3.63, 3.8) is 0 Å². The molecular formula is C12H12N2O2. The normalized spacial score (nSPS) is 11.0. The first-order valence-corrected chi connectivity index (χ1v) is 5.02. The summed E-state index contributed by atoms with van der Waals surface area (Å²) < 4.78 is 5.17. The molecule has 16 heavy (non-hydrogen) atoms. The molecule has 4 heteroatoms. The Morgan fingerprint density at radius 1 is 1.38 bits per heavy atom. The minimum Gasteiger partial charge on any atom is -0.463 e. The highest BCUT2D eigenvalue weighted by molar-refractivity contribution is 5.75. The van der Waals surface area contributed by atoms with Gasteiger partial charge >= 0.3 is 0 Å². The maximum absolute atomic E-state index is 8.34. The van der Waals surface area contributed by atoms with Gasteiger partial charge in [0.15, 0.2) is 0 Å². The minimum absolute atomic E-state index is 0.559. The van der Waals surface area contributed by atoms with Gasteiger partial charge in [-0.2, -0.15) is 0 Å². The van der Waals surface area contributed by atoms with Crippen molar-refractivity contribution in [2.24, 2.45) is 5.16 Å². The summed E-state index contributed by atoms with van der Waals surface area (Å²) in [7, 11) is 0. The van der Waals surface area contributed by atoms with E-state index in [0.717, 1.165) is 18.4 Å². The Morgan fingerprint density at radius 3 is 3.00 bits per heavy atom. The number of nitrogens with zero attached hydrogens (tertiary/aromatic N) is 2. The smallest absolute Gasteiger partial charge is 0.148 e. The van der Waals surface area contributed by atoms with Crippen LogP contribution in [-0.4, -0.2) is 16.4 Å². The third-order valence-corrected chi connectivity index (χ3v) is 2.28. The lowest BCUT2D eigenvalue weighted by Gasteiger charge is -1.97. The monoisotopic (exact) mass is 216 g/mol. The van der Waals surface area contributed by atoms with E-state index < -0.39 is 0 Å². The Hall–Kier alpha value is -2.10. The molecule has 0 spiro atoms. The molecular weight excluding hydrogens is 204 g/mol. The summed E-state index contributed by atoms with van der Waals surface area (Å²) in [5.74, 6) is 0.559. The van der Waals surface area contributed by atoms with Crippen molar-refractivity contribution in [3.05, 3.63) is 53.7 Å². The van der Waals surface area contributed by atoms with Gasteiger partial charge in [0.2, 0.25) is 0 Å². The van der Waals surface area contributed by atoms with Gasteiger partial charge in [-0.25, -0.2) is 0 Å². The predicted molar refractivity (Wildman–Crippen MR) is 59.7 cm³/mol. The molecule has 0 aromatic carbocycles. The Kier molecular flexibility index (Phi) is 3.33. The number of aromatic nitrogens is 1. The molecule has 0 aliphatic rings. The van der Waals surface area contributed by atoms with Gasteiger partial charge in [-0.1, -0.05) is 11.2 Å². The lowest BCUT2D eigenvalue weighted by atomic mass is 10.1. The van der Waals surface area contributed by atoms with Crippen molar-refractivity contribution in [3.8, 4) is 0 Å². The molecule has 2 heterocycles. The van der Waals surface area contributed by atoms with Crippen LogP contribution in [0.3, 0.4) is 0 Å². The number of aryl methyl sites for hydroxylation is 2. The predicted octanol–water partition coefficient (Wildman–Crippen LogP) is 2.27. The molecule has 0 unspecified atom stereocenters. The number of pyridine rings is 1. The maximum Gasteiger partial charge on any atom is 0.148 e. The molecule has 0 bridgehead atoms. The number of oxime groups is 1. The van der Waals surface area contributed by atoms with Crippen LogP contribution in [0.25, 0.3) is 0 Å². The zero-order chi connectivity index (χ0) is 11.2. The Morgan fingerprint density at radius 2 is 2.25 bits per heavy atom. The van der Waals surface area contributed by atoms with E-state index in [1.807, 2.05) is 24.4 Å². The van der Waals surface area contributed by atoms with E-state index in [4.69, 9.17) is 9.62 Å². The van der Waals surface area contributed by atoms with Gasteiger partial charge in [-0.3, -0.25) is 4.98 Å². The molecule has 2 aromatic heterocycles.